The van der Waals surface area contributed by atoms with E-state index in [2.05, 4.69) is 33.4 Å². The summed E-state index contributed by atoms with van der Waals surface area (Å²) in [6.07, 6.45) is 3.99. The molecule has 3 atom stereocenters. The molecule has 0 spiro atoms. The van der Waals surface area contributed by atoms with Crippen molar-refractivity contribution >= 4 is 44.1 Å². The van der Waals surface area contributed by atoms with Gasteiger partial charge in [-0.2, -0.15) is 0 Å². The molecule has 1 fully saturated rings. The van der Waals surface area contributed by atoms with Crippen molar-refractivity contribution in [3.05, 3.63) is 75.3 Å². The molecule has 132 valence electrons. The van der Waals surface area contributed by atoms with E-state index in [1.807, 2.05) is 18.3 Å². The van der Waals surface area contributed by atoms with Crippen molar-refractivity contribution in [2.45, 2.75) is 18.9 Å². The van der Waals surface area contributed by atoms with Crippen molar-refractivity contribution in [3.63, 3.8) is 0 Å². The minimum atomic E-state index is -0.244. The van der Waals surface area contributed by atoms with Gasteiger partial charge >= 0.3 is 0 Å². The average Bonchev–Trinajstić information content (AvgIpc) is 3.27. The van der Waals surface area contributed by atoms with Gasteiger partial charge in [-0.25, -0.2) is 4.39 Å². The Labute approximate surface area is 164 Å². The maximum absolute atomic E-state index is 14.4. The second-order valence-electron chi connectivity index (χ2n) is 7.11. The minimum Gasteiger partial charge on any atom is -0.456 e. The fourth-order valence-corrected chi connectivity index (χ4v) is 4.68. The van der Waals surface area contributed by atoms with Crippen LogP contribution in [-0.4, -0.2) is 0 Å². The highest BCUT2D eigenvalue weighted by Gasteiger charge is 2.46. The molecule has 0 saturated heterocycles. The van der Waals surface area contributed by atoms with Gasteiger partial charge < -0.3 is 9.73 Å². The number of hydrogen-bond donors (Lipinski definition) is 1. The van der Waals surface area contributed by atoms with Crippen LogP contribution in [0.1, 0.15) is 30.2 Å². The number of nitrogens with one attached hydrogen (secondary N) is 1. The highest BCUT2D eigenvalue weighted by Crippen LogP contribution is 2.54. The lowest BCUT2D eigenvalue weighted by molar-refractivity contribution is 0.492. The zero-order valence-corrected chi connectivity index (χ0v) is 16.1. The van der Waals surface area contributed by atoms with E-state index in [0.717, 1.165) is 39.6 Å². The first-order chi connectivity index (χ1) is 12.6. The van der Waals surface area contributed by atoms with Crippen molar-refractivity contribution in [2.75, 3.05) is 0 Å². The van der Waals surface area contributed by atoms with Gasteiger partial charge in [0, 0.05) is 32.2 Å². The van der Waals surface area contributed by atoms with Crippen molar-refractivity contribution < 1.29 is 8.81 Å². The van der Waals surface area contributed by atoms with Gasteiger partial charge in [0.2, 0.25) is 0 Å². The summed E-state index contributed by atoms with van der Waals surface area (Å²) in [7, 11) is 0. The van der Waals surface area contributed by atoms with Crippen LogP contribution in [0.3, 0.4) is 0 Å². The van der Waals surface area contributed by atoms with Crippen molar-refractivity contribution in [3.8, 4) is 0 Å². The zero-order chi connectivity index (χ0) is 17.8. The average molecular weight is 433 g/mol. The topological polar surface area (TPSA) is 25.2 Å². The first kappa shape index (κ1) is 16.4. The normalized spacial score (nSPS) is 24.6. The Morgan fingerprint density at radius 3 is 2.92 bits per heavy atom. The Bertz CT molecular complexity index is 1020. The number of fused-ring (bicyclic) bond motifs is 2. The Morgan fingerprint density at radius 1 is 1.19 bits per heavy atom. The third kappa shape index (κ3) is 2.76. The summed E-state index contributed by atoms with van der Waals surface area (Å²) in [5.74, 6) is 1.55. The molecule has 1 aromatic heterocycles. The SMILES string of the molecule is Fc1cccc(Cl)c1C1NC=C(c2cc3cc(Br)ccc3o2)CC2CC21. The highest BCUT2D eigenvalue weighted by atomic mass is 79.9. The van der Waals surface area contributed by atoms with E-state index in [-0.39, 0.29) is 11.9 Å². The van der Waals surface area contributed by atoms with Crippen molar-refractivity contribution in [1.29, 1.82) is 0 Å². The van der Waals surface area contributed by atoms with Crippen LogP contribution in [0.2, 0.25) is 5.02 Å². The van der Waals surface area contributed by atoms with Crippen LogP contribution in [0, 0.1) is 17.7 Å². The fraction of sp³-hybridized carbons (Fsp3) is 0.238. The van der Waals surface area contributed by atoms with Crippen LogP contribution in [-0.2, 0) is 0 Å². The summed E-state index contributed by atoms with van der Waals surface area (Å²) in [4.78, 5) is 0. The third-order valence-corrected chi connectivity index (χ3v) is 6.25. The maximum atomic E-state index is 14.4. The smallest absolute Gasteiger partial charge is 0.134 e. The molecule has 3 unspecified atom stereocenters. The largest absolute Gasteiger partial charge is 0.456 e. The molecule has 2 aromatic carbocycles. The van der Waals surface area contributed by atoms with Gasteiger partial charge in [0.1, 0.15) is 17.2 Å². The van der Waals surface area contributed by atoms with Crippen LogP contribution in [0.15, 0.2) is 57.6 Å². The summed E-state index contributed by atoms with van der Waals surface area (Å²) in [6, 6.07) is 12.9. The van der Waals surface area contributed by atoms with E-state index in [0.29, 0.717) is 22.4 Å². The Morgan fingerprint density at radius 2 is 2.08 bits per heavy atom. The van der Waals surface area contributed by atoms with Gasteiger partial charge in [-0.3, -0.25) is 0 Å². The minimum absolute atomic E-state index is 0.0928. The lowest BCUT2D eigenvalue weighted by Gasteiger charge is -2.19. The summed E-state index contributed by atoms with van der Waals surface area (Å²) < 4.78 is 21.5. The lowest BCUT2D eigenvalue weighted by Crippen LogP contribution is -2.19. The molecule has 26 heavy (non-hydrogen) atoms. The molecule has 5 heteroatoms. The van der Waals surface area contributed by atoms with Gasteiger partial charge in [0.15, 0.2) is 0 Å². The number of benzene rings is 2. The zero-order valence-electron chi connectivity index (χ0n) is 13.8. The monoisotopic (exact) mass is 431 g/mol. The molecule has 3 aromatic rings. The van der Waals surface area contributed by atoms with E-state index in [4.69, 9.17) is 16.0 Å². The van der Waals surface area contributed by atoms with Gasteiger partial charge in [-0.05, 0) is 61.1 Å². The number of hydrogen-bond acceptors (Lipinski definition) is 2. The molecule has 2 heterocycles. The quantitative estimate of drug-likeness (QED) is 0.487. The molecule has 1 saturated carbocycles. The van der Waals surface area contributed by atoms with Gasteiger partial charge in [-0.15, -0.1) is 0 Å². The van der Waals surface area contributed by atoms with E-state index in [1.165, 1.54) is 6.07 Å². The second-order valence-corrected chi connectivity index (χ2v) is 8.43. The molecule has 5 rings (SSSR count). The van der Waals surface area contributed by atoms with E-state index in [9.17, 15) is 4.39 Å². The molecular formula is C21H16BrClFNO. The predicted molar refractivity (Wildman–Crippen MR) is 105 cm³/mol. The standard InChI is InChI=1S/C21H16BrClFNO/c22-14-4-5-18-12(7-14)9-19(26-18)13-6-11-8-15(11)21(25-10-13)20-16(23)2-1-3-17(20)24/h1-5,7,9-11,15,21,25H,6,8H2. The molecular weight excluding hydrogens is 417 g/mol. The molecule has 0 radical (unpaired) electrons. The van der Waals surface area contributed by atoms with Crippen LogP contribution >= 0.6 is 27.5 Å². The molecule has 2 aliphatic rings. The first-order valence-electron chi connectivity index (χ1n) is 8.68. The lowest BCUT2D eigenvalue weighted by atomic mass is 10.00. The molecule has 0 amide bonds. The highest BCUT2D eigenvalue weighted by molar-refractivity contribution is 9.10. The Kier molecular flexibility index (Phi) is 3.87. The summed E-state index contributed by atoms with van der Waals surface area (Å²) in [5.41, 5.74) is 2.57. The Balaban J connectivity index is 1.51. The van der Waals surface area contributed by atoms with E-state index >= 15 is 0 Å². The summed E-state index contributed by atoms with van der Waals surface area (Å²) >= 11 is 9.79. The van der Waals surface area contributed by atoms with E-state index < -0.39 is 0 Å². The van der Waals surface area contributed by atoms with Crippen LogP contribution < -0.4 is 5.32 Å². The molecule has 0 bridgehead atoms. The van der Waals surface area contributed by atoms with E-state index in [1.54, 1.807) is 12.1 Å². The number of rotatable bonds is 2. The van der Waals surface area contributed by atoms with Crippen molar-refractivity contribution in [2.24, 2.45) is 11.8 Å². The van der Waals surface area contributed by atoms with Gasteiger partial charge in [0.05, 0.1) is 6.04 Å². The second kappa shape index (κ2) is 6.14. The number of halogens is 3. The molecule has 1 N–H and O–H groups in total. The predicted octanol–water partition coefficient (Wildman–Crippen LogP) is 6.70. The Hall–Kier alpha value is -1.78. The maximum Gasteiger partial charge on any atom is 0.134 e. The number of furan rings is 1. The van der Waals surface area contributed by atoms with Crippen LogP contribution in [0.25, 0.3) is 16.5 Å². The molecule has 1 aliphatic heterocycles. The first-order valence-corrected chi connectivity index (χ1v) is 9.86. The summed E-state index contributed by atoms with van der Waals surface area (Å²) in [5, 5.41) is 4.97. The van der Waals surface area contributed by atoms with Crippen LogP contribution in [0.5, 0.6) is 0 Å². The van der Waals surface area contributed by atoms with Gasteiger partial charge in [0.25, 0.3) is 0 Å². The van der Waals surface area contributed by atoms with Crippen LogP contribution in [0.4, 0.5) is 4.39 Å². The fourth-order valence-electron chi connectivity index (χ4n) is 4.02. The third-order valence-electron chi connectivity index (χ3n) is 5.43. The molecule has 1 aliphatic carbocycles. The van der Waals surface area contributed by atoms with Crippen molar-refractivity contribution in [1.82, 2.24) is 5.32 Å². The number of allylic oxidation sites excluding steroid dienone is 1. The molecule has 2 nitrogen and oxygen atoms in total. The summed E-state index contributed by atoms with van der Waals surface area (Å²) in [6.45, 7) is 0. The van der Waals surface area contributed by atoms with Gasteiger partial charge in [-0.1, -0.05) is 33.6 Å².